The number of ether oxygens (including phenoxy) is 3. The maximum absolute atomic E-state index is 12.0. The standard InChI is InChI=1S/C25H32O11/c1-13-7-9-15(19(13)24(32)33)16(23(30)31)11-35-25-22(29)21(28)20(27)17(36-25)12-34-18(26)10-8-14-5-3-2-4-6-14/h2-6,8,10,13,15-17,19-22,25,27-29H,7,9,11-12H2,1H3,(H,30,31)(H,32,33)/t13-,15-,16-,17+,19+,20+,21-,22+,25+/m0/s1. The van der Waals surface area contributed by atoms with E-state index in [1.54, 1.807) is 31.2 Å². The molecular formula is C25H32O11. The van der Waals surface area contributed by atoms with Gasteiger partial charge >= 0.3 is 17.9 Å². The molecule has 2 fully saturated rings. The van der Waals surface area contributed by atoms with E-state index in [-0.39, 0.29) is 5.92 Å². The summed E-state index contributed by atoms with van der Waals surface area (Å²) >= 11 is 0. The van der Waals surface area contributed by atoms with Crippen molar-refractivity contribution in [3.05, 3.63) is 42.0 Å². The lowest BCUT2D eigenvalue weighted by Gasteiger charge is -2.40. The quantitative estimate of drug-likeness (QED) is 0.220. The molecule has 1 heterocycles. The highest BCUT2D eigenvalue weighted by atomic mass is 16.7. The van der Waals surface area contributed by atoms with Crippen LogP contribution in [0.4, 0.5) is 0 Å². The molecule has 1 aromatic carbocycles. The number of hydrogen-bond acceptors (Lipinski definition) is 9. The van der Waals surface area contributed by atoms with Crippen LogP contribution in [0.25, 0.3) is 6.08 Å². The number of carbonyl (C=O) groups is 3. The molecule has 3 rings (SSSR count). The third-order valence-corrected chi connectivity index (χ3v) is 6.86. The van der Waals surface area contributed by atoms with Gasteiger partial charge in [-0.3, -0.25) is 9.59 Å². The van der Waals surface area contributed by atoms with Crippen molar-refractivity contribution in [1.82, 2.24) is 0 Å². The van der Waals surface area contributed by atoms with E-state index in [2.05, 4.69) is 0 Å². The lowest BCUT2D eigenvalue weighted by atomic mass is 9.81. The molecule has 198 valence electrons. The monoisotopic (exact) mass is 508 g/mol. The number of rotatable bonds is 10. The van der Waals surface area contributed by atoms with E-state index in [0.29, 0.717) is 12.8 Å². The second-order valence-electron chi connectivity index (χ2n) is 9.25. The summed E-state index contributed by atoms with van der Waals surface area (Å²) in [7, 11) is 0. The first-order chi connectivity index (χ1) is 17.1. The molecule has 1 saturated heterocycles. The Bertz CT molecular complexity index is 933. The summed E-state index contributed by atoms with van der Waals surface area (Å²) < 4.78 is 16.1. The number of carboxylic acids is 2. The summed E-state index contributed by atoms with van der Waals surface area (Å²) in [5.41, 5.74) is 0.769. The van der Waals surface area contributed by atoms with Crippen LogP contribution in [-0.4, -0.2) is 87.4 Å². The summed E-state index contributed by atoms with van der Waals surface area (Å²) in [5, 5.41) is 50.0. The van der Waals surface area contributed by atoms with E-state index < -0.39 is 79.6 Å². The van der Waals surface area contributed by atoms with Gasteiger partial charge in [0.15, 0.2) is 6.29 Å². The van der Waals surface area contributed by atoms with Crippen LogP contribution < -0.4 is 0 Å². The summed E-state index contributed by atoms with van der Waals surface area (Å²) in [6.45, 7) is 0.810. The second-order valence-corrected chi connectivity index (χ2v) is 9.25. The third-order valence-electron chi connectivity index (χ3n) is 6.86. The van der Waals surface area contributed by atoms with Crippen molar-refractivity contribution in [2.75, 3.05) is 13.2 Å². The molecule has 0 radical (unpaired) electrons. The lowest BCUT2D eigenvalue weighted by Crippen LogP contribution is -2.59. The minimum Gasteiger partial charge on any atom is -0.481 e. The summed E-state index contributed by atoms with van der Waals surface area (Å²) in [4.78, 5) is 35.6. The molecule has 5 N–H and O–H groups in total. The fourth-order valence-electron chi connectivity index (χ4n) is 4.82. The Kier molecular flexibility index (Phi) is 9.57. The predicted molar refractivity (Wildman–Crippen MR) is 123 cm³/mol. The van der Waals surface area contributed by atoms with Crippen LogP contribution in [-0.2, 0) is 28.6 Å². The molecule has 0 unspecified atom stereocenters. The Balaban J connectivity index is 1.60. The van der Waals surface area contributed by atoms with E-state index in [0.717, 1.165) is 5.56 Å². The smallest absolute Gasteiger partial charge is 0.330 e. The van der Waals surface area contributed by atoms with Gasteiger partial charge in [-0.2, -0.15) is 0 Å². The third kappa shape index (κ3) is 6.68. The van der Waals surface area contributed by atoms with Gasteiger partial charge in [-0.1, -0.05) is 37.3 Å². The second kappa shape index (κ2) is 12.4. The summed E-state index contributed by atoms with van der Waals surface area (Å²) in [6.07, 6.45) is -4.15. The van der Waals surface area contributed by atoms with Crippen LogP contribution in [0.3, 0.4) is 0 Å². The number of carboxylic acid groups (broad SMARTS) is 2. The Morgan fingerprint density at radius 3 is 2.39 bits per heavy atom. The van der Waals surface area contributed by atoms with Gasteiger partial charge in [0.1, 0.15) is 31.0 Å². The largest absolute Gasteiger partial charge is 0.481 e. The van der Waals surface area contributed by atoms with Gasteiger partial charge in [-0.25, -0.2) is 4.79 Å². The zero-order chi connectivity index (χ0) is 26.4. The van der Waals surface area contributed by atoms with Gasteiger partial charge in [-0.15, -0.1) is 0 Å². The molecule has 1 aliphatic carbocycles. The highest BCUT2D eigenvalue weighted by Gasteiger charge is 2.48. The molecule has 11 heteroatoms. The fourth-order valence-corrected chi connectivity index (χ4v) is 4.82. The number of hydrogen-bond donors (Lipinski definition) is 5. The summed E-state index contributed by atoms with van der Waals surface area (Å²) in [5.74, 6) is -5.97. The predicted octanol–water partition coefficient (Wildman–Crippen LogP) is 0.515. The number of aliphatic hydroxyl groups excluding tert-OH is 3. The van der Waals surface area contributed by atoms with Crippen molar-refractivity contribution in [3.8, 4) is 0 Å². The topological polar surface area (TPSA) is 180 Å². The van der Waals surface area contributed by atoms with Gasteiger partial charge in [0.2, 0.25) is 0 Å². The molecule has 1 saturated carbocycles. The van der Waals surface area contributed by atoms with Crippen LogP contribution in [0.15, 0.2) is 36.4 Å². The van der Waals surface area contributed by atoms with Crippen LogP contribution in [0, 0.1) is 23.7 Å². The molecule has 9 atom stereocenters. The molecule has 0 amide bonds. The Hall–Kier alpha value is -2.83. The molecule has 11 nitrogen and oxygen atoms in total. The molecule has 2 aliphatic rings. The number of aliphatic carboxylic acids is 2. The maximum atomic E-state index is 12.0. The van der Waals surface area contributed by atoms with E-state index in [1.165, 1.54) is 12.2 Å². The van der Waals surface area contributed by atoms with Crippen LogP contribution >= 0.6 is 0 Å². The average Bonchev–Trinajstić information content (AvgIpc) is 3.23. The first kappa shape index (κ1) is 27.8. The molecule has 36 heavy (non-hydrogen) atoms. The zero-order valence-corrected chi connectivity index (χ0v) is 19.8. The molecule has 0 spiro atoms. The van der Waals surface area contributed by atoms with Gasteiger partial charge in [0.05, 0.1) is 18.4 Å². The highest BCUT2D eigenvalue weighted by Crippen LogP contribution is 2.42. The van der Waals surface area contributed by atoms with Crippen molar-refractivity contribution in [2.24, 2.45) is 23.7 Å². The number of esters is 1. The Labute approximate surface area is 207 Å². The van der Waals surface area contributed by atoms with Crippen molar-refractivity contribution < 1.29 is 54.1 Å². The van der Waals surface area contributed by atoms with E-state index in [4.69, 9.17) is 14.2 Å². The first-order valence-corrected chi connectivity index (χ1v) is 11.8. The van der Waals surface area contributed by atoms with Crippen LogP contribution in [0.2, 0.25) is 0 Å². The van der Waals surface area contributed by atoms with Crippen molar-refractivity contribution in [1.29, 1.82) is 0 Å². The van der Waals surface area contributed by atoms with Crippen LogP contribution in [0.5, 0.6) is 0 Å². The average molecular weight is 509 g/mol. The molecule has 1 aromatic rings. The van der Waals surface area contributed by atoms with Crippen LogP contribution in [0.1, 0.15) is 25.3 Å². The van der Waals surface area contributed by atoms with Gasteiger partial charge < -0.3 is 39.7 Å². The molecular weight excluding hydrogens is 476 g/mol. The van der Waals surface area contributed by atoms with Crippen molar-refractivity contribution in [3.63, 3.8) is 0 Å². The van der Waals surface area contributed by atoms with Crippen molar-refractivity contribution in [2.45, 2.75) is 50.5 Å². The summed E-state index contributed by atoms with van der Waals surface area (Å²) in [6, 6.07) is 8.99. The van der Waals surface area contributed by atoms with Gasteiger partial charge in [0.25, 0.3) is 0 Å². The van der Waals surface area contributed by atoms with Gasteiger partial charge in [-0.05, 0) is 36.3 Å². The minimum absolute atomic E-state index is 0.196. The van der Waals surface area contributed by atoms with Gasteiger partial charge in [0, 0.05) is 6.08 Å². The van der Waals surface area contributed by atoms with Crippen molar-refractivity contribution >= 4 is 24.0 Å². The highest BCUT2D eigenvalue weighted by molar-refractivity contribution is 5.87. The first-order valence-electron chi connectivity index (χ1n) is 11.8. The number of carbonyl (C=O) groups excluding carboxylic acids is 1. The zero-order valence-electron chi connectivity index (χ0n) is 19.8. The number of benzene rings is 1. The minimum atomic E-state index is -1.71. The maximum Gasteiger partial charge on any atom is 0.330 e. The van der Waals surface area contributed by atoms with E-state index in [9.17, 15) is 39.9 Å². The van der Waals surface area contributed by atoms with E-state index >= 15 is 0 Å². The normalized spacial score (nSPS) is 33.3. The Morgan fingerprint density at radius 2 is 1.75 bits per heavy atom. The SMILES string of the molecule is C[C@H]1CC[C@@H]([C@H](CO[C@@H]2O[C@H](COC(=O)C=Cc3ccccc3)[C@@H](O)[C@H](O)[C@H]2O)C(=O)O)[C@@H]1C(=O)O. The fraction of sp³-hybridized carbons (Fsp3) is 0.560. The number of aliphatic hydroxyl groups is 3. The van der Waals surface area contributed by atoms with E-state index in [1.807, 2.05) is 6.07 Å². The Morgan fingerprint density at radius 1 is 1.06 bits per heavy atom. The molecule has 1 aliphatic heterocycles. The molecule has 0 aromatic heterocycles. The molecule has 0 bridgehead atoms. The lowest BCUT2D eigenvalue weighted by molar-refractivity contribution is -0.304.